The maximum Gasteiger partial charge on any atom is 0.124 e. The molecule has 3 aromatic rings. The second kappa shape index (κ2) is 4.15. The highest BCUT2D eigenvalue weighted by atomic mass is 32.1. The topological polar surface area (TPSA) is 38.9 Å². The minimum absolute atomic E-state index is 0.185. The number of rotatable bonds is 1. The van der Waals surface area contributed by atoms with Crippen molar-refractivity contribution in [2.75, 3.05) is 5.73 Å². The molecule has 2 N–H and O–H groups in total. The van der Waals surface area contributed by atoms with E-state index in [9.17, 15) is 4.39 Å². The Morgan fingerprint density at radius 3 is 2.90 bits per heavy atom. The second-order valence-electron chi connectivity index (χ2n) is 4.89. The molecule has 20 heavy (non-hydrogen) atoms. The van der Waals surface area contributed by atoms with E-state index in [1.807, 2.05) is 30.3 Å². The average molecular weight is 282 g/mol. The Balaban J connectivity index is 1.83. The van der Waals surface area contributed by atoms with E-state index in [-0.39, 0.29) is 5.82 Å². The van der Waals surface area contributed by atoms with Crippen molar-refractivity contribution in [1.82, 2.24) is 4.98 Å². The van der Waals surface area contributed by atoms with Gasteiger partial charge in [0, 0.05) is 28.1 Å². The number of hydrogen-bond acceptors (Lipinski definition) is 3. The molecule has 98 valence electrons. The van der Waals surface area contributed by atoms with Crippen LogP contribution in [-0.2, 0) is 6.42 Å². The fourth-order valence-corrected chi connectivity index (χ4v) is 3.68. The summed E-state index contributed by atoms with van der Waals surface area (Å²) in [6.45, 7) is 0. The van der Waals surface area contributed by atoms with Crippen molar-refractivity contribution < 1.29 is 4.39 Å². The zero-order valence-electron chi connectivity index (χ0n) is 10.6. The molecule has 0 aliphatic heterocycles. The Bertz CT molecular complexity index is 823. The SMILES string of the molecule is Nc1cccc(-c2nc3c(s2)Cc2cc(F)ccc2-3)c1. The van der Waals surface area contributed by atoms with Gasteiger partial charge in [0.05, 0.1) is 5.69 Å². The predicted octanol–water partition coefficient (Wildman–Crippen LogP) is 4.10. The fourth-order valence-electron chi connectivity index (χ4n) is 2.59. The van der Waals surface area contributed by atoms with Crippen molar-refractivity contribution in [3.8, 4) is 21.8 Å². The summed E-state index contributed by atoms with van der Waals surface area (Å²) in [4.78, 5) is 5.91. The van der Waals surface area contributed by atoms with Gasteiger partial charge in [-0.05, 0) is 35.9 Å². The fraction of sp³-hybridized carbons (Fsp3) is 0.0625. The third-order valence-corrected chi connectivity index (χ3v) is 4.61. The van der Waals surface area contributed by atoms with Crippen LogP contribution in [0.5, 0.6) is 0 Å². The third kappa shape index (κ3) is 1.72. The lowest BCUT2D eigenvalue weighted by atomic mass is 10.1. The van der Waals surface area contributed by atoms with Gasteiger partial charge in [0.15, 0.2) is 0 Å². The Kier molecular flexibility index (Phi) is 2.41. The van der Waals surface area contributed by atoms with Gasteiger partial charge in [-0.3, -0.25) is 0 Å². The number of hydrogen-bond donors (Lipinski definition) is 1. The van der Waals surface area contributed by atoms with Gasteiger partial charge < -0.3 is 5.73 Å². The van der Waals surface area contributed by atoms with Gasteiger partial charge >= 0.3 is 0 Å². The molecule has 0 fully saturated rings. The number of halogens is 1. The smallest absolute Gasteiger partial charge is 0.124 e. The molecule has 2 nitrogen and oxygen atoms in total. The normalized spacial score (nSPS) is 12.2. The molecular weight excluding hydrogens is 271 g/mol. The van der Waals surface area contributed by atoms with Gasteiger partial charge in [-0.25, -0.2) is 9.37 Å². The summed E-state index contributed by atoms with van der Waals surface area (Å²) >= 11 is 1.66. The number of benzene rings is 2. The average Bonchev–Trinajstić information content (AvgIpc) is 2.95. The number of thiazole rings is 1. The second-order valence-corrected chi connectivity index (χ2v) is 5.98. The van der Waals surface area contributed by atoms with Crippen molar-refractivity contribution >= 4 is 17.0 Å². The zero-order valence-corrected chi connectivity index (χ0v) is 11.4. The molecule has 0 atom stereocenters. The van der Waals surface area contributed by atoms with Crippen molar-refractivity contribution in [2.45, 2.75) is 6.42 Å². The minimum Gasteiger partial charge on any atom is -0.399 e. The van der Waals surface area contributed by atoms with Crippen LogP contribution in [0.4, 0.5) is 10.1 Å². The molecular formula is C16H11FN2S. The molecule has 4 heteroatoms. The minimum atomic E-state index is -0.185. The number of nitrogen functional groups attached to an aromatic ring is 1. The van der Waals surface area contributed by atoms with Crippen molar-refractivity contribution in [1.29, 1.82) is 0 Å². The molecule has 1 aliphatic carbocycles. The van der Waals surface area contributed by atoms with Gasteiger partial charge in [0.1, 0.15) is 10.8 Å². The van der Waals surface area contributed by atoms with Gasteiger partial charge in [0.25, 0.3) is 0 Å². The van der Waals surface area contributed by atoms with Gasteiger partial charge in [-0.2, -0.15) is 0 Å². The van der Waals surface area contributed by atoms with E-state index < -0.39 is 0 Å². The molecule has 1 heterocycles. The van der Waals surface area contributed by atoms with Crippen LogP contribution in [-0.4, -0.2) is 4.98 Å². The van der Waals surface area contributed by atoms with Crippen LogP contribution >= 0.6 is 11.3 Å². The summed E-state index contributed by atoms with van der Waals surface area (Å²) in [5.41, 5.74) is 10.7. The van der Waals surface area contributed by atoms with Crippen LogP contribution in [0.2, 0.25) is 0 Å². The van der Waals surface area contributed by atoms with Gasteiger partial charge in [-0.15, -0.1) is 11.3 Å². The van der Waals surface area contributed by atoms with Crippen LogP contribution in [0.1, 0.15) is 10.4 Å². The number of aromatic nitrogens is 1. The third-order valence-electron chi connectivity index (χ3n) is 3.50. The first-order chi connectivity index (χ1) is 9.70. The van der Waals surface area contributed by atoms with Crippen molar-refractivity contribution in [3.05, 3.63) is 58.7 Å². The Morgan fingerprint density at radius 1 is 1.15 bits per heavy atom. The van der Waals surface area contributed by atoms with E-state index >= 15 is 0 Å². The number of fused-ring (bicyclic) bond motifs is 3. The lowest BCUT2D eigenvalue weighted by molar-refractivity contribution is 0.626. The Morgan fingerprint density at radius 2 is 2.05 bits per heavy atom. The molecule has 0 saturated heterocycles. The highest BCUT2D eigenvalue weighted by molar-refractivity contribution is 7.15. The number of anilines is 1. The van der Waals surface area contributed by atoms with Gasteiger partial charge in [-0.1, -0.05) is 12.1 Å². The lowest BCUT2D eigenvalue weighted by Gasteiger charge is -2.00. The highest BCUT2D eigenvalue weighted by Crippen LogP contribution is 2.42. The zero-order chi connectivity index (χ0) is 13.7. The maximum atomic E-state index is 13.2. The van der Waals surface area contributed by atoms with Gasteiger partial charge in [0.2, 0.25) is 0 Å². The number of nitrogens with two attached hydrogens (primary N) is 1. The molecule has 4 rings (SSSR count). The molecule has 1 aromatic heterocycles. The van der Waals surface area contributed by atoms with E-state index in [0.717, 1.165) is 39.5 Å². The van der Waals surface area contributed by atoms with Crippen molar-refractivity contribution in [2.24, 2.45) is 0 Å². The van der Waals surface area contributed by atoms with Crippen LogP contribution in [0, 0.1) is 5.82 Å². The summed E-state index contributed by atoms with van der Waals surface area (Å²) in [6, 6.07) is 12.6. The van der Waals surface area contributed by atoms with E-state index in [1.54, 1.807) is 17.4 Å². The molecule has 1 aliphatic rings. The molecule has 2 aromatic carbocycles. The Labute approximate surface area is 119 Å². The largest absolute Gasteiger partial charge is 0.399 e. The molecule has 0 amide bonds. The van der Waals surface area contributed by atoms with Crippen LogP contribution in [0.3, 0.4) is 0 Å². The highest BCUT2D eigenvalue weighted by Gasteiger charge is 2.24. The van der Waals surface area contributed by atoms with E-state index in [1.165, 1.54) is 10.9 Å². The van der Waals surface area contributed by atoms with E-state index in [2.05, 4.69) is 0 Å². The van der Waals surface area contributed by atoms with Crippen LogP contribution < -0.4 is 5.73 Å². The first-order valence-corrected chi connectivity index (χ1v) is 7.17. The standard InChI is InChI=1S/C16H11FN2S/c17-11-4-5-13-10(6-11)8-14-15(13)19-16(20-14)9-2-1-3-12(18)7-9/h1-7H,8,18H2. The summed E-state index contributed by atoms with van der Waals surface area (Å²) in [5, 5.41) is 0.970. The maximum absolute atomic E-state index is 13.2. The first kappa shape index (κ1) is 11.6. The molecule has 0 saturated carbocycles. The monoisotopic (exact) mass is 282 g/mol. The van der Waals surface area contributed by atoms with Crippen LogP contribution in [0.15, 0.2) is 42.5 Å². The summed E-state index contributed by atoms with van der Waals surface area (Å²) < 4.78 is 13.2. The molecule has 0 bridgehead atoms. The van der Waals surface area contributed by atoms with E-state index in [0.29, 0.717) is 0 Å². The number of nitrogens with zero attached hydrogens (tertiary/aromatic N) is 1. The predicted molar refractivity (Wildman–Crippen MR) is 80.2 cm³/mol. The quantitative estimate of drug-likeness (QED) is 0.534. The lowest BCUT2D eigenvalue weighted by Crippen LogP contribution is -1.86. The summed E-state index contributed by atoms with van der Waals surface area (Å²) in [6.07, 6.45) is 0.766. The first-order valence-electron chi connectivity index (χ1n) is 6.35. The van der Waals surface area contributed by atoms with E-state index in [4.69, 9.17) is 10.7 Å². The molecule has 0 radical (unpaired) electrons. The molecule has 0 spiro atoms. The molecule has 0 unspecified atom stereocenters. The van der Waals surface area contributed by atoms with Crippen LogP contribution in [0.25, 0.3) is 21.8 Å². The summed E-state index contributed by atoms with van der Waals surface area (Å²) in [5.74, 6) is -0.185. The van der Waals surface area contributed by atoms with Crippen molar-refractivity contribution in [3.63, 3.8) is 0 Å². The Hall–Kier alpha value is -2.20. The summed E-state index contributed by atoms with van der Waals surface area (Å²) in [7, 11) is 0.